The molecule has 26 heavy (non-hydrogen) atoms. The first-order valence-electron chi connectivity index (χ1n) is 8.94. The van der Waals surface area contributed by atoms with Crippen molar-refractivity contribution in [3.63, 3.8) is 0 Å². The van der Waals surface area contributed by atoms with Crippen LogP contribution in [0.3, 0.4) is 0 Å². The summed E-state index contributed by atoms with van der Waals surface area (Å²) in [5, 5.41) is 0. The number of rotatable bonds is 6. The first-order chi connectivity index (χ1) is 12.6. The number of halogens is 3. The van der Waals surface area contributed by atoms with Crippen LogP contribution in [-0.2, 0) is 6.42 Å². The number of hydrogen-bond donors (Lipinski definition) is 0. The van der Waals surface area contributed by atoms with E-state index in [1.54, 1.807) is 12.1 Å². The summed E-state index contributed by atoms with van der Waals surface area (Å²) in [5.74, 6) is -3.77. The zero-order valence-electron chi connectivity index (χ0n) is 14.7. The lowest BCUT2D eigenvalue weighted by atomic mass is 9.92. The molecule has 0 nitrogen and oxygen atoms in total. The third-order valence-electron chi connectivity index (χ3n) is 4.56. The molecular weight excluding hydrogens is 333 g/mol. The highest BCUT2D eigenvalue weighted by Gasteiger charge is 2.17. The first kappa shape index (κ1) is 18.2. The lowest BCUT2D eigenvalue weighted by Gasteiger charge is -2.13. The quantitative estimate of drug-likeness (QED) is 0.325. The summed E-state index contributed by atoms with van der Waals surface area (Å²) in [6, 6.07) is 17.6. The minimum Gasteiger partial charge on any atom is -0.204 e. The fourth-order valence-corrected chi connectivity index (χ4v) is 3.18. The fraction of sp³-hybridized carbons (Fsp3) is 0.217. The highest BCUT2D eigenvalue weighted by Crippen LogP contribution is 2.35. The van der Waals surface area contributed by atoms with Gasteiger partial charge in [-0.3, -0.25) is 0 Å². The van der Waals surface area contributed by atoms with Gasteiger partial charge < -0.3 is 0 Å². The topological polar surface area (TPSA) is 0 Å². The molecule has 3 aromatic rings. The molecule has 3 rings (SSSR count). The number of benzene rings is 3. The minimum atomic E-state index is -1.44. The second-order valence-corrected chi connectivity index (χ2v) is 6.43. The smallest absolute Gasteiger partial charge is 0.195 e. The van der Waals surface area contributed by atoms with Crippen molar-refractivity contribution in [3.8, 4) is 22.3 Å². The molecule has 0 amide bonds. The molecule has 0 saturated carbocycles. The highest BCUT2D eigenvalue weighted by molar-refractivity contribution is 5.83. The van der Waals surface area contributed by atoms with E-state index in [-0.39, 0.29) is 5.56 Å². The standard InChI is InChI=1S/C23H21F3/c1-2-3-4-8-16-9-7-10-17(15-16)18-11-5-6-12-19(18)20-13-14-21(24)23(26)22(20)25/h5-7,9-15H,2-4,8H2,1H3. The molecule has 0 aliphatic rings. The molecule has 0 aromatic heterocycles. The van der Waals surface area contributed by atoms with Gasteiger partial charge in [-0.25, -0.2) is 13.2 Å². The average molecular weight is 354 g/mol. The molecule has 0 aliphatic heterocycles. The minimum absolute atomic E-state index is 0.0656. The molecule has 0 fully saturated rings. The van der Waals surface area contributed by atoms with Gasteiger partial charge in [0.25, 0.3) is 0 Å². The second kappa shape index (κ2) is 8.22. The molecule has 0 heterocycles. The van der Waals surface area contributed by atoms with E-state index < -0.39 is 17.5 Å². The number of hydrogen-bond acceptors (Lipinski definition) is 0. The van der Waals surface area contributed by atoms with Gasteiger partial charge in [0.2, 0.25) is 0 Å². The summed E-state index contributed by atoms with van der Waals surface area (Å²) in [5.41, 5.74) is 3.58. The average Bonchev–Trinajstić information content (AvgIpc) is 2.67. The van der Waals surface area contributed by atoms with Gasteiger partial charge in [0.05, 0.1) is 0 Å². The molecule has 0 radical (unpaired) electrons. The summed E-state index contributed by atoms with van der Waals surface area (Å²) >= 11 is 0. The number of unbranched alkanes of at least 4 members (excludes halogenated alkanes) is 2. The van der Waals surface area contributed by atoms with E-state index >= 15 is 0 Å². The zero-order chi connectivity index (χ0) is 18.5. The van der Waals surface area contributed by atoms with E-state index in [4.69, 9.17) is 0 Å². The summed E-state index contributed by atoms with van der Waals surface area (Å²) in [6.07, 6.45) is 4.46. The van der Waals surface area contributed by atoms with E-state index in [0.29, 0.717) is 5.56 Å². The van der Waals surface area contributed by atoms with Crippen LogP contribution >= 0.6 is 0 Å². The van der Waals surface area contributed by atoms with Crippen molar-refractivity contribution in [1.29, 1.82) is 0 Å². The van der Waals surface area contributed by atoms with Crippen molar-refractivity contribution in [2.24, 2.45) is 0 Å². The largest absolute Gasteiger partial charge is 0.204 e. The van der Waals surface area contributed by atoms with Crippen LogP contribution in [0.2, 0.25) is 0 Å². The van der Waals surface area contributed by atoms with Crippen LogP contribution in [0.1, 0.15) is 31.7 Å². The Morgan fingerprint density at radius 1 is 0.692 bits per heavy atom. The maximum absolute atomic E-state index is 14.3. The monoisotopic (exact) mass is 354 g/mol. The van der Waals surface area contributed by atoms with Crippen molar-refractivity contribution in [2.75, 3.05) is 0 Å². The van der Waals surface area contributed by atoms with Gasteiger partial charge in [-0.1, -0.05) is 68.3 Å². The van der Waals surface area contributed by atoms with Gasteiger partial charge in [0, 0.05) is 5.56 Å². The molecular formula is C23H21F3. The molecule has 134 valence electrons. The Kier molecular flexibility index (Phi) is 5.77. The van der Waals surface area contributed by atoms with Crippen LogP contribution in [0.5, 0.6) is 0 Å². The predicted molar refractivity (Wildman–Crippen MR) is 100 cm³/mol. The van der Waals surface area contributed by atoms with Gasteiger partial charge in [0.15, 0.2) is 17.5 Å². The van der Waals surface area contributed by atoms with Crippen molar-refractivity contribution in [1.82, 2.24) is 0 Å². The highest BCUT2D eigenvalue weighted by atomic mass is 19.2. The Morgan fingerprint density at radius 3 is 2.23 bits per heavy atom. The molecule has 0 unspecified atom stereocenters. The van der Waals surface area contributed by atoms with Gasteiger partial charge in [-0.2, -0.15) is 0 Å². The molecule has 0 aliphatic carbocycles. The van der Waals surface area contributed by atoms with Crippen LogP contribution in [0, 0.1) is 17.5 Å². The number of aryl methyl sites for hydroxylation is 1. The van der Waals surface area contributed by atoms with Crippen LogP contribution < -0.4 is 0 Å². The molecule has 0 spiro atoms. The van der Waals surface area contributed by atoms with Crippen LogP contribution in [0.15, 0.2) is 60.7 Å². The fourth-order valence-electron chi connectivity index (χ4n) is 3.18. The Labute approximate surface area is 152 Å². The van der Waals surface area contributed by atoms with Gasteiger partial charge in [-0.05, 0) is 47.2 Å². The second-order valence-electron chi connectivity index (χ2n) is 6.43. The van der Waals surface area contributed by atoms with Crippen molar-refractivity contribution in [2.45, 2.75) is 32.6 Å². The maximum atomic E-state index is 14.3. The van der Waals surface area contributed by atoms with E-state index in [1.807, 2.05) is 24.3 Å². The maximum Gasteiger partial charge on any atom is 0.195 e. The lowest BCUT2D eigenvalue weighted by Crippen LogP contribution is -1.95. The van der Waals surface area contributed by atoms with Crippen molar-refractivity contribution >= 4 is 0 Å². The molecule has 3 aromatic carbocycles. The van der Waals surface area contributed by atoms with Crippen LogP contribution in [0.25, 0.3) is 22.3 Å². The van der Waals surface area contributed by atoms with Crippen LogP contribution in [0.4, 0.5) is 13.2 Å². The Hall–Kier alpha value is -2.55. The first-order valence-corrected chi connectivity index (χ1v) is 8.94. The van der Waals surface area contributed by atoms with E-state index in [0.717, 1.165) is 36.5 Å². The zero-order valence-corrected chi connectivity index (χ0v) is 14.7. The van der Waals surface area contributed by atoms with Crippen molar-refractivity contribution in [3.05, 3.63) is 83.7 Å². The predicted octanol–water partition coefficient (Wildman–Crippen LogP) is 7.17. The van der Waals surface area contributed by atoms with E-state index in [9.17, 15) is 13.2 Å². The molecule has 0 saturated heterocycles. The molecule has 0 N–H and O–H groups in total. The van der Waals surface area contributed by atoms with Crippen LogP contribution in [-0.4, -0.2) is 0 Å². The van der Waals surface area contributed by atoms with Gasteiger partial charge >= 0.3 is 0 Å². The van der Waals surface area contributed by atoms with Gasteiger partial charge in [-0.15, -0.1) is 0 Å². The summed E-state index contributed by atoms with van der Waals surface area (Å²) < 4.78 is 41.3. The Morgan fingerprint density at radius 2 is 1.46 bits per heavy atom. The third kappa shape index (κ3) is 3.82. The normalized spacial score (nSPS) is 10.9. The molecule has 0 atom stereocenters. The molecule has 0 bridgehead atoms. The van der Waals surface area contributed by atoms with Crippen molar-refractivity contribution < 1.29 is 13.2 Å². The molecule has 3 heteroatoms. The van der Waals surface area contributed by atoms with Gasteiger partial charge in [0.1, 0.15) is 0 Å². The third-order valence-corrected chi connectivity index (χ3v) is 4.56. The van der Waals surface area contributed by atoms with E-state index in [2.05, 4.69) is 19.1 Å². The Bertz CT molecular complexity index is 900. The summed E-state index contributed by atoms with van der Waals surface area (Å²) in [7, 11) is 0. The SMILES string of the molecule is CCCCCc1cccc(-c2ccccc2-c2ccc(F)c(F)c2F)c1. The van der Waals surface area contributed by atoms with E-state index in [1.165, 1.54) is 18.1 Å². The Balaban J connectivity index is 2.03. The summed E-state index contributed by atoms with van der Waals surface area (Å²) in [6.45, 7) is 2.17. The summed E-state index contributed by atoms with van der Waals surface area (Å²) in [4.78, 5) is 0. The lowest BCUT2D eigenvalue weighted by molar-refractivity contribution is 0.449.